The minimum atomic E-state index is -4.12. The van der Waals surface area contributed by atoms with Gasteiger partial charge in [-0.05, 0) is 19.3 Å². The van der Waals surface area contributed by atoms with Crippen molar-refractivity contribution in [2.45, 2.75) is 90.1 Å². The van der Waals surface area contributed by atoms with Gasteiger partial charge in [-0.2, -0.15) is 0 Å². The molecule has 0 rings (SSSR count). The van der Waals surface area contributed by atoms with Crippen molar-refractivity contribution in [3.63, 3.8) is 0 Å². The second kappa shape index (κ2) is 15.8. The van der Waals surface area contributed by atoms with Crippen LogP contribution < -0.4 is 29.6 Å². The first kappa shape index (κ1) is 24.1. The number of hydrogen-bond acceptors (Lipinski definition) is 4. The van der Waals surface area contributed by atoms with Crippen LogP contribution in [-0.4, -0.2) is 29.9 Å². The smallest absolute Gasteiger partial charge is 0.748 e. The van der Waals surface area contributed by atoms with E-state index in [1.165, 1.54) is 44.9 Å². The Hall–Kier alpha value is 0.870. The van der Waals surface area contributed by atoms with Crippen molar-refractivity contribution in [3.05, 3.63) is 0 Å². The summed E-state index contributed by atoms with van der Waals surface area (Å²) in [6.07, 6.45) is 12.2. The van der Waals surface area contributed by atoms with Gasteiger partial charge in [-0.25, -0.2) is 8.42 Å². The Morgan fingerprint density at radius 2 is 1.29 bits per heavy atom. The van der Waals surface area contributed by atoms with E-state index in [0.29, 0.717) is 6.42 Å². The predicted octanol–water partition coefficient (Wildman–Crippen LogP) is 0.598. The minimum absolute atomic E-state index is 0. The van der Waals surface area contributed by atoms with Gasteiger partial charge in [0.15, 0.2) is 0 Å². The third-order valence-corrected chi connectivity index (χ3v) is 4.36. The summed E-state index contributed by atoms with van der Waals surface area (Å²) in [5.41, 5.74) is 0. The molecule has 0 radical (unpaired) electrons. The first-order chi connectivity index (χ1) is 9.45. The van der Waals surface area contributed by atoms with E-state index < -0.39 is 16.2 Å². The fourth-order valence-electron chi connectivity index (χ4n) is 2.33. The molecule has 0 aliphatic carbocycles. The molecule has 0 saturated heterocycles. The molecule has 1 unspecified atom stereocenters. The Labute approximate surface area is 153 Å². The first-order valence-corrected chi connectivity index (χ1v) is 9.65. The van der Waals surface area contributed by atoms with Gasteiger partial charge < -0.3 is 9.66 Å². The van der Waals surface area contributed by atoms with Gasteiger partial charge in [-0.1, -0.05) is 64.7 Å². The maximum absolute atomic E-state index is 10.4. The number of aliphatic hydroxyl groups is 1. The van der Waals surface area contributed by atoms with E-state index in [0.717, 1.165) is 19.3 Å². The number of hydrogen-bond donors (Lipinski definition) is 1. The SMILES string of the molecule is CCCCCCCCCCCC(O)CCCS(=O)(=O)[O-].[Na+]. The van der Waals surface area contributed by atoms with E-state index in [1.807, 2.05) is 0 Å². The van der Waals surface area contributed by atoms with E-state index in [-0.39, 0.29) is 41.7 Å². The summed E-state index contributed by atoms with van der Waals surface area (Å²) in [4.78, 5) is 0. The molecule has 1 atom stereocenters. The van der Waals surface area contributed by atoms with Crippen LogP contribution >= 0.6 is 0 Å². The molecule has 0 aromatic carbocycles. The summed E-state index contributed by atoms with van der Waals surface area (Å²) in [5, 5.41) is 9.65. The third kappa shape index (κ3) is 20.9. The number of rotatable bonds is 14. The predicted molar refractivity (Wildman–Crippen MR) is 81.6 cm³/mol. The molecule has 21 heavy (non-hydrogen) atoms. The largest absolute Gasteiger partial charge is 1.00 e. The quantitative estimate of drug-likeness (QED) is 0.287. The average Bonchev–Trinajstić information content (AvgIpc) is 2.35. The molecule has 0 saturated carbocycles. The molecule has 0 aliphatic heterocycles. The third-order valence-electron chi connectivity index (χ3n) is 3.57. The molecule has 0 amide bonds. The molecule has 6 heteroatoms. The molecule has 0 aromatic rings. The van der Waals surface area contributed by atoms with Gasteiger partial charge in [0.05, 0.1) is 16.2 Å². The summed E-state index contributed by atoms with van der Waals surface area (Å²) in [7, 11) is -4.12. The van der Waals surface area contributed by atoms with Crippen molar-refractivity contribution >= 4 is 10.1 Å². The van der Waals surface area contributed by atoms with E-state index in [1.54, 1.807) is 0 Å². The maximum Gasteiger partial charge on any atom is 1.00 e. The second-order valence-electron chi connectivity index (χ2n) is 5.67. The molecular weight excluding hydrogens is 299 g/mol. The summed E-state index contributed by atoms with van der Waals surface area (Å²) >= 11 is 0. The Balaban J connectivity index is 0. The van der Waals surface area contributed by atoms with Gasteiger partial charge in [0.2, 0.25) is 0 Å². The maximum atomic E-state index is 10.4. The normalized spacial score (nSPS) is 12.9. The minimum Gasteiger partial charge on any atom is -0.748 e. The zero-order valence-electron chi connectivity index (χ0n) is 13.8. The number of aliphatic hydroxyl groups excluding tert-OH is 1. The van der Waals surface area contributed by atoms with Gasteiger partial charge in [0, 0.05) is 5.75 Å². The Morgan fingerprint density at radius 3 is 1.76 bits per heavy atom. The van der Waals surface area contributed by atoms with Crippen LogP contribution in [0.25, 0.3) is 0 Å². The summed E-state index contributed by atoms with van der Waals surface area (Å²) < 4.78 is 31.2. The number of unbranched alkanes of at least 4 members (excludes halogenated alkanes) is 8. The zero-order valence-corrected chi connectivity index (χ0v) is 16.7. The second-order valence-corrected chi connectivity index (χ2v) is 7.20. The van der Waals surface area contributed by atoms with Crippen molar-refractivity contribution in [1.82, 2.24) is 0 Å². The molecule has 0 fully saturated rings. The molecule has 4 nitrogen and oxygen atoms in total. The van der Waals surface area contributed by atoms with Gasteiger partial charge in [0.25, 0.3) is 0 Å². The van der Waals surface area contributed by atoms with Crippen LogP contribution in [-0.2, 0) is 10.1 Å². The van der Waals surface area contributed by atoms with Gasteiger partial charge >= 0.3 is 29.6 Å². The van der Waals surface area contributed by atoms with Gasteiger partial charge in [-0.3, -0.25) is 0 Å². The fourth-order valence-corrected chi connectivity index (χ4v) is 2.85. The Bertz CT molecular complexity index is 307. The molecule has 0 aliphatic rings. The van der Waals surface area contributed by atoms with E-state index in [4.69, 9.17) is 0 Å². The van der Waals surface area contributed by atoms with Gasteiger partial charge in [-0.15, -0.1) is 0 Å². The standard InChI is InChI=1S/C15H32O4S.Na/c1-2-3-4-5-6-7-8-9-10-12-15(16)13-11-14-20(17,18)19;/h15-16H,2-14H2,1H3,(H,17,18,19);/q;+1/p-1. The summed E-state index contributed by atoms with van der Waals surface area (Å²) in [5.74, 6) is -0.359. The fraction of sp³-hybridized carbons (Fsp3) is 1.00. The molecule has 0 spiro atoms. The van der Waals surface area contributed by atoms with Crippen LogP contribution in [0.15, 0.2) is 0 Å². The average molecular weight is 330 g/mol. The molecule has 0 bridgehead atoms. The molecular formula is C15H31NaO4S. The van der Waals surface area contributed by atoms with E-state index in [2.05, 4.69) is 6.92 Å². The zero-order chi connectivity index (χ0) is 15.3. The molecule has 122 valence electrons. The van der Waals surface area contributed by atoms with Crippen molar-refractivity contribution in [1.29, 1.82) is 0 Å². The monoisotopic (exact) mass is 330 g/mol. The van der Waals surface area contributed by atoms with Crippen LogP contribution in [0.4, 0.5) is 0 Å². The van der Waals surface area contributed by atoms with Crippen LogP contribution in [0.2, 0.25) is 0 Å². The molecule has 0 aromatic heterocycles. The van der Waals surface area contributed by atoms with E-state index in [9.17, 15) is 18.1 Å². The van der Waals surface area contributed by atoms with Crippen molar-refractivity contribution in [3.8, 4) is 0 Å². The van der Waals surface area contributed by atoms with Crippen molar-refractivity contribution < 1.29 is 47.6 Å². The summed E-state index contributed by atoms with van der Waals surface area (Å²) in [6.45, 7) is 2.22. The Morgan fingerprint density at radius 1 is 0.857 bits per heavy atom. The molecule has 1 N–H and O–H groups in total. The van der Waals surface area contributed by atoms with Crippen LogP contribution in [0.3, 0.4) is 0 Å². The van der Waals surface area contributed by atoms with Crippen molar-refractivity contribution in [2.24, 2.45) is 0 Å². The van der Waals surface area contributed by atoms with Crippen LogP contribution in [0, 0.1) is 0 Å². The first-order valence-electron chi connectivity index (χ1n) is 8.07. The van der Waals surface area contributed by atoms with Gasteiger partial charge in [0.1, 0.15) is 0 Å². The topological polar surface area (TPSA) is 77.4 Å². The summed E-state index contributed by atoms with van der Waals surface area (Å²) in [6, 6.07) is 0. The van der Waals surface area contributed by atoms with Crippen molar-refractivity contribution in [2.75, 3.05) is 5.75 Å². The van der Waals surface area contributed by atoms with E-state index >= 15 is 0 Å². The Kier molecular flexibility index (Phi) is 18.1. The molecule has 0 heterocycles. The van der Waals surface area contributed by atoms with Crippen LogP contribution in [0.1, 0.15) is 84.0 Å². The van der Waals surface area contributed by atoms with Crippen LogP contribution in [0.5, 0.6) is 0 Å².